The molecule has 1 fully saturated rings. The predicted octanol–water partition coefficient (Wildman–Crippen LogP) is 7.91. The van der Waals surface area contributed by atoms with E-state index in [4.69, 9.17) is 4.74 Å². The predicted molar refractivity (Wildman–Crippen MR) is 187 cm³/mol. The van der Waals surface area contributed by atoms with Crippen LogP contribution in [0.15, 0.2) is 84.4 Å². The van der Waals surface area contributed by atoms with Crippen LogP contribution < -0.4 is 10.1 Å². The topological polar surface area (TPSA) is 99.1 Å². The second-order valence-corrected chi connectivity index (χ2v) is 13.7. The van der Waals surface area contributed by atoms with Crippen LogP contribution >= 0.6 is 0 Å². The largest absolute Gasteiger partial charge is 0.497 e. The van der Waals surface area contributed by atoms with Gasteiger partial charge in [-0.05, 0) is 118 Å². The zero-order chi connectivity index (χ0) is 33.6. The molecule has 3 N–H and O–H groups in total. The minimum absolute atomic E-state index is 0.0885. The summed E-state index contributed by atoms with van der Waals surface area (Å²) < 4.78 is 5.33. The highest BCUT2D eigenvalue weighted by Gasteiger charge is 2.57. The van der Waals surface area contributed by atoms with Crippen LogP contribution in [0.4, 0.5) is 10.5 Å². The van der Waals surface area contributed by atoms with Crippen molar-refractivity contribution in [3.8, 4) is 5.75 Å². The Labute approximate surface area is 279 Å². The van der Waals surface area contributed by atoms with Gasteiger partial charge in [0.05, 0.1) is 25.4 Å². The smallest absolute Gasteiger partial charge is 0.321 e. The third-order valence-electron chi connectivity index (χ3n) is 10.5. The van der Waals surface area contributed by atoms with Crippen LogP contribution in [0.25, 0.3) is 0 Å². The number of ether oxygens (including phenoxy) is 1. The Balaban J connectivity index is 1.56. The number of nitrogens with one attached hydrogen (secondary N) is 1. The Hall–Kier alpha value is -3.94. The number of hydrogen-bond donors (Lipinski definition) is 3. The first kappa shape index (κ1) is 34.4. The number of nitrogens with zero attached hydrogens (tertiary/aromatic N) is 1. The Morgan fingerprint density at radius 2 is 1.77 bits per heavy atom. The minimum Gasteiger partial charge on any atom is -0.497 e. The normalized spacial score (nSPS) is 24.5. The van der Waals surface area contributed by atoms with E-state index in [9.17, 15) is 19.8 Å². The SMILES string of the molecule is CCCN(C[C@]1(O)CC[C@H]2c3ccc(cc3C(=O)c3ccc(OC)cc3)C[C@@H](O)CCC(C)=CCC[C@@]21C)C(=O)Nc1ccccc1. The summed E-state index contributed by atoms with van der Waals surface area (Å²) in [6.45, 7) is 7.00. The molecule has 0 radical (unpaired) electrons. The molecule has 0 aromatic heterocycles. The van der Waals surface area contributed by atoms with Crippen molar-refractivity contribution >= 4 is 17.5 Å². The van der Waals surface area contributed by atoms with Crippen molar-refractivity contribution in [2.24, 2.45) is 5.41 Å². The molecule has 47 heavy (non-hydrogen) atoms. The summed E-state index contributed by atoms with van der Waals surface area (Å²) in [5.74, 6) is 0.466. The summed E-state index contributed by atoms with van der Waals surface area (Å²) in [5.41, 5.74) is 3.11. The van der Waals surface area contributed by atoms with Gasteiger partial charge in [-0.15, -0.1) is 0 Å². The number of carbonyl (C=O) groups excluding carboxylic acids is 2. The molecule has 2 amide bonds. The highest BCUT2D eigenvalue weighted by atomic mass is 16.5. The third kappa shape index (κ3) is 7.63. The van der Waals surface area contributed by atoms with Crippen LogP contribution in [-0.4, -0.2) is 58.8 Å². The highest BCUT2D eigenvalue weighted by Crippen LogP contribution is 2.59. The summed E-state index contributed by atoms with van der Waals surface area (Å²) in [6.07, 6.45) is 6.99. The maximum atomic E-state index is 14.3. The average molecular weight is 639 g/mol. The van der Waals surface area contributed by atoms with Crippen molar-refractivity contribution in [1.29, 1.82) is 0 Å². The molecule has 1 saturated carbocycles. The molecule has 250 valence electrons. The highest BCUT2D eigenvalue weighted by molar-refractivity contribution is 6.10. The van der Waals surface area contributed by atoms with Crippen LogP contribution in [0.5, 0.6) is 5.75 Å². The fraction of sp³-hybridized carbons (Fsp3) is 0.450. The molecular formula is C40H50N2O5. The summed E-state index contributed by atoms with van der Waals surface area (Å²) in [6, 6.07) is 22.4. The molecule has 0 saturated heterocycles. The van der Waals surface area contributed by atoms with Crippen molar-refractivity contribution < 1.29 is 24.5 Å². The number of rotatable bonds is 8. The molecule has 0 unspecified atom stereocenters. The quantitative estimate of drug-likeness (QED) is 0.172. The molecule has 3 aliphatic carbocycles. The van der Waals surface area contributed by atoms with Gasteiger partial charge in [0, 0.05) is 28.8 Å². The lowest BCUT2D eigenvalue weighted by Gasteiger charge is -2.46. The molecule has 7 heteroatoms. The summed E-state index contributed by atoms with van der Waals surface area (Å²) in [4.78, 5) is 29.6. The van der Waals surface area contributed by atoms with Crippen LogP contribution in [0, 0.1) is 5.41 Å². The first-order valence-corrected chi connectivity index (χ1v) is 17.1. The van der Waals surface area contributed by atoms with E-state index in [-0.39, 0.29) is 24.3 Å². The molecule has 0 spiro atoms. The average Bonchev–Trinajstić information content (AvgIpc) is 3.32. The number of benzene rings is 3. The van der Waals surface area contributed by atoms with Gasteiger partial charge >= 0.3 is 6.03 Å². The van der Waals surface area contributed by atoms with Crippen LogP contribution in [0.2, 0.25) is 0 Å². The molecule has 0 aliphatic heterocycles. The van der Waals surface area contributed by atoms with Gasteiger partial charge in [0.1, 0.15) is 5.75 Å². The van der Waals surface area contributed by atoms with Crippen LogP contribution in [0.1, 0.15) is 98.7 Å². The van der Waals surface area contributed by atoms with E-state index in [0.29, 0.717) is 61.2 Å². The van der Waals surface area contributed by atoms with Gasteiger partial charge in [0.25, 0.3) is 0 Å². The molecule has 3 aliphatic rings. The lowest BCUT2D eigenvalue weighted by atomic mass is 9.64. The van der Waals surface area contributed by atoms with E-state index in [1.54, 1.807) is 36.3 Å². The standard InChI is InChI=1S/C40H50N2O5/c1-5-24-42(38(45)41-31-11-7-6-8-12-31)27-40(46)23-21-36-34-20-14-29(25-32(43)17-13-28(2)10-9-22-39(36,40)3)26-35(34)37(44)30-15-18-33(47-4)19-16-30/h6-8,10-12,14-16,18-20,26,32,36,43,46H,5,9,13,17,21-25,27H2,1-4H3,(H,41,45)/t32-,36-,39-,40+/m0/s1. The van der Waals surface area contributed by atoms with Gasteiger partial charge in [-0.25, -0.2) is 4.79 Å². The number of hydrogen-bond acceptors (Lipinski definition) is 5. The molecule has 3 aromatic rings. The van der Waals surface area contributed by atoms with Crippen molar-refractivity contribution in [1.82, 2.24) is 4.90 Å². The number of amides is 2. The number of urea groups is 1. The molecule has 0 heterocycles. The second kappa shape index (κ2) is 14.9. The Kier molecular flexibility index (Phi) is 10.9. The van der Waals surface area contributed by atoms with Gasteiger partial charge in [-0.2, -0.15) is 0 Å². The summed E-state index contributed by atoms with van der Waals surface area (Å²) >= 11 is 0. The number of para-hydroxylation sites is 1. The van der Waals surface area contributed by atoms with Gasteiger partial charge in [-0.3, -0.25) is 4.79 Å². The number of carbonyl (C=O) groups is 2. The monoisotopic (exact) mass is 638 g/mol. The van der Waals surface area contributed by atoms with Crippen LogP contribution in [-0.2, 0) is 6.42 Å². The number of fused-ring (bicyclic) bond motifs is 8. The Morgan fingerprint density at radius 3 is 2.47 bits per heavy atom. The van der Waals surface area contributed by atoms with E-state index >= 15 is 0 Å². The molecule has 6 rings (SSSR count). The first-order valence-electron chi connectivity index (χ1n) is 17.1. The maximum Gasteiger partial charge on any atom is 0.321 e. The zero-order valence-corrected chi connectivity index (χ0v) is 28.3. The van der Waals surface area contributed by atoms with E-state index in [0.717, 1.165) is 30.4 Å². The van der Waals surface area contributed by atoms with E-state index in [1.807, 2.05) is 55.5 Å². The van der Waals surface area contributed by atoms with Crippen LogP contribution in [0.3, 0.4) is 0 Å². The van der Waals surface area contributed by atoms with Crippen molar-refractivity contribution in [3.05, 3.63) is 107 Å². The fourth-order valence-electron chi connectivity index (χ4n) is 7.66. The molecular weight excluding hydrogens is 588 g/mol. The second-order valence-electron chi connectivity index (χ2n) is 13.7. The molecule has 7 nitrogen and oxygen atoms in total. The first-order chi connectivity index (χ1) is 22.6. The zero-order valence-electron chi connectivity index (χ0n) is 28.3. The number of ketones is 1. The van der Waals surface area contributed by atoms with Gasteiger partial charge < -0.3 is 25.2 Å². The minimum atomic E-state index is -1.19. The lowest BCUT2D eigenvalue weighted by molar-refractivity contribution is -0.0763. The Bertz CT molecular complexity index is 1570. The Morgan fingerprint density at radius 1 is 1.02 bits per heavy atom. The number of aliphatic hydroxyl groups excluding tert-OH is 1. The third-order valence-corrected chi connectivity index (χ3v) is 10.5. The van der Waals surface area contributed by atoms with Crippen molar-refractivity contribution in [3.63, 3.8) is 0 Å². The van der Waals surface area contributed by atoms with Crippen molar-refractivity contribution in [2.75, 3.05) is 25.5 Å². The number of allylic oxidation sites excluding steroid dienone is 2. The maximum absolute atomic E-state index is 14.3. The number of anilines is 1. The van der Waals surface area contributed by atoms with E-state index in [2.05, 4.69) is 25.2 Å². The van der Waals surface area contributed by atoms with E-state index < -0.39 is 17.1 Å². The summed E-state index contributed by atoms with van der Waals surface area (Å²) in [7, 11) is 1.60. The molecule has 2 bridgehead atoms. The molecule has 4 atom stereocenters. The lowest BCUT2D eigenvalue weighted by Crippen LogP contribution is -2.54. The van der Waals surface area contributed by atoms with E-state index in [1.165, 1.54) is 5.57 Å². The fourth-order valence-corrected chi connectivity index (χ4v) is 7.66. The molecule has 3 aromatic carbocycles. The summed E-state index contributed by atoms with van der Waals surface area (Å²) in [5, 5.41) is 26.7. The number of methoxy groups -OCH3 is 1. The number of aliphatic hydroxyl groups is 2. The van der Waals surface area contributed by atoms with Gasteiger partial charge in [-0.1, -0.05) is 55.8 Å². The van der Waals surface area contributed by atoms with Gasteiger partial charge in [0.2, 0.25) is 0 Å². The van der Waals surface area contributed by atoms with Gasteiger partial charge in [0.15, 0.2) is 5.78 Å². The van der Waals surface area contributed by atoms with Crippen molar-refractivity contribution in [2.45, 2.75) is 89.8 Å².